The molecule has 0 amide bonds. The minimum absolute atomic E-state index is 0.0377. The Kier molecular flexibility index (Phi) is 21.5. The van der Waals surface area contributed by atoms with Crippen molar-refractivity contribution in [3.63, 3.8) is 0 Å². The molecule has 292 valence electrons. The second-order valence-electron chi connectivity index (χ2n) is 16.1. The van der Waals surface area contributed by atoms with Crippen LogP contribution in [0.5, 0.6) is 0 Å². The van der Waals surface area contributed by atoms with E-state index in [1.165, 1.54) is 31.3 Å². The number of rotatable bonds is 21. The first-order chi connectivity index (χ1) is 23.8. The largest absolute Gasteiger partial charge is 0.466 e. The van der Waals surface area contributed by atoms with Gasteiger partial charge in [0.2, 0.25) is 0 Å². The van der Waals surface area contributed by atoms with E-state index in [0.717, 1.165) is 45.1 Å². The number of esters is 2. The smallest absolute Gasteiger partial charge is 0.330 e. The van der Waals surface area contributed by atoms with E-state index in [1.807, 2.05) is 0 Å². The van der Waals surface area contributed by atoms with Crippen LogP contribution in [0.15, 0.2) is 59.8 Å². The maximum absolute atomic E-state index is 12.2. The molecule has 0 saturated carbocycles. The summed E-state index contributed by atoms with van der Waals surface area (Å²) in [5.41, 5.74) is 2.44. The number of ether oxygens (including phenoxy) is 4. The highest BCUT2D eigenvalue weighted by Gasteiger charge is 2.43. The maximum atomic E-state index is 12.2. The van der Waals surface area contributed by atoms with Crippen LogP contribution < -0.4 is 0 Å². The summed E-state index contributed by atoms with van der Waals surface area (Å²) in [6.45, 7) is 29.0. The molecule has 0 aliphatic carbocycles. The molecule has 0 aromatic carbocycles. The lowest BCUT2D eigenvalue weighted by Crippen LogP contribution is -2.50. The highest BCUT2D eigenvalue weighted by Crippen LogP contribution is 2.40. The van der Waals surface area contributed by atoms with E-state index in [4.69, 9.17) is 23.4 Å². The fraction of sp³-hybridized carbons (Fsp3) is 0.721. The van der Waals surface area contributed by atoms with Gasteiger partial charge in [-0.25, -0.2) is 4.79 Å². The summed E-state index contributed by atoms with van der Waals surface area (Å²) in [4.78, 5) is 23.7. The summed E-state index contributed by atoms with van der Waals surface area (Å²) in [5.74, 6) is 0.145. The van der Waals surface area contributed by atoms with Crippen molar-refractivity contribution in [2.45, 2.75) is 164 Å². The minimum Gasteiger partial charge on any atom is -0.466 e. The normalized spacial score (nSPS) is 21.0. The van der Waals surface area contributed by atoms with Crippen molar-refractivity contribution in [2.75, 3.05) is 13.7 Å². The first kappa shape index (κ1) is 46.8. The summed E-state index contributed by atoms with van der Waals surface area (Å²) in [5, 5.41) is 0.0616. The van der Waals surface area contributed by atoms with E-state index in [0.29, 0.717) is 12.3 Å². The Morgan fingerprint density at radius 3 is 2.14 bits per heavy atom. The molecule has 7 nitrogen and oxygen atoms in total. The third-order valence-corrected chi connectivity index (χ3v) is 14.9. The Labute approximate surface area is 313 Å². The van der Waals surface area contributed by atoms with E-state index in [9.17, 15) is 9.59 Å². The lowest BCUT2D eigenvalue weighted by Gasteiger charge is -2.44. The molecular formula is C43H74O7Si. The van der Waals surface area contributed by atoms with Crippen LogP contribution in [0.1, 0.15) is 121 Å². The highest BCUT2D eigenvalue weighted by molar-refractivity contribution is 6.74. The van der Waals surface area contributed by atoms with Crippen LogP contribution in [0.2, 0.25) is 18.1 Å². The van der Waals surface area contributed by atoms with E-state index < -0.39 is 8.32 Å². The van der Waals surface area contributed by atoms with Crippen molar-refractivity contribution in [3.05, 3.63) is 59.8 Å². The summed E-state index contributed by atoms with van der Waals surface area (Å²) in [7, 11) is -0.731. The van der Waals surface area contributed by atoms with Gasteiger partial charge in [-0.2, -0.15) is 0 Å². The third-order valence-electron chi connectivity index (χ3n) is 10.4. The molecule has 1 aliphatic heterocycles. The zero-order chi connectivity index (χ0) is 38.8. The van der Waals surface area contributed by atoms with E-state index in [2.05, 4.69) is 119 Å². The Bertz CT molecular complexity index is 1190. The van der Waals surface area contributed by atoms with Crippen molar-refractivity contribution in [3.8, 4) is 0 Å². The van der Waals surface area contributed by atoms with E-state index in [1.54, 1.807) is 6.08 Å². The average Bonchev–Trinajstić information content (AvgIpc) is 3.06. The Morgan fingerprint density at radius 1 is 0.922 bits per heavy atom. The fourth-order valence-electron chi connectivity index (χ4n) is 6.11. The van der Waals surface area contributed by atoms with Gasteiger partial charge in [-0.1, -0.05) is 122 Å². The maximum Gasteiger partial charge on any atom is 0.330 e. The van der Waals surface area contributed by atoms with Crippen LogP contribution in [0.4, 0.5) is 0 Å². The van der Waals surface area contributed by atoms with Gasteiger partial charge in [0.25, 0.3) is 0 Å². The van der Waals surface area contributed by atoms with Gasteiger partial charge in [0.05, 0.1) is 19.3 Å². The Hall–Kier alpha value is -2.26. The number of hydrogen-bond acceptors (Lipinski definition) is 7. The first-order valence-corrected chi connectivity index (χ1v) is 22.4. The molecule has 0 aromatic rings. The molecule has 51 heavy (non-hydrogen) atoms. The quantitative estimate of drug-likeness (QED) is 0.0503. The monoisotopic (exact) mass is 731 g/mol. The van der Waals surface area contributed by atoms with Crippen LogP contribution in [0, 0.1) is 23.7 Å². The minimum atomic E-state index is -2.11. The van der Waals surface area contributed by atoms with Crippen molar-refractivity contribution in [2.24, 2.45) is 23.7 Å². The van der Waals surface area contributed by atoms with Gasteiger partial charge in [0, 0.05) is 25.5 Å². The zero-order valence-corrected chi connectivity index (χ0v) is 35.8. The van der Waals surface area contributed by atoms with Gasteiger partial charge >= 0.3 is 11.9 Å². The molecule has 0 bridgehead atoms. The average molecular weight is 731 g/mol. The number of carbonyl (C=O) groups is 2. The van der Waals surface area contributed by atoms with Crippen molar-refractivity contribution in [1.82, 2.24) is 0 Å². The summed E-state index contributed by atoms with van der Waals surface area (Å²) in [6.07, 6.45) is 22.3. The molecule has 1 heterocycles. The Morgan fingerprint density at radius 2 is 1.59 bits per heavy atom. The molecule has 8 atom stereocenters. The molecule has 0 spiro atoms. The fourth-order valence-corrected chi connectivity index (χ4v) is 7.58. The SMILES string of the molecule is CCC(/C=C/[C@@H](C/C=C/C(=O)OC)OC1CCCCO1)=C\[C@H](C)C/C=C/C(C)=C/[C@@H](C)[C@@H](O[Si](C)(C)C(C)(C)C)[C@@H](C)[C@H](OC(C)=O)[C@@H](C)CC. The summed E-state index contributed by atoms with van der Waals surface area (Å²) in [6, 6.07) is 0. The summed E-state index contributed by atoms with van der Waals surface area (Å²) >= 11 is 0. The van der Waals surface area contributed by atoms with Crippen molar-refractivity contribution < 1.29 is 33.0 Å². The topological polar surface area (TPSA) is 80.3 Å². The van der Waals surface area contributed by atoms with E-state index >= 15 is 0 Å². The zero-order valence-electron chi connectivity index (χ0n) is 34.8. The van der Waals surface area contributed by atoms with Gasteiger partial charge < -0.3 is 23.4 Å². The van der Waals surface area contributed by atoms with Gasteiger partial charge in [0.1, 0.15) is 6.10 Å². The van der Waals surface area contributed by atoms with Crippen LogP contribution in [0.3, 0.4) is 0 Å². The molecule has 1 saturated heterocycles. The molecule has 0 N–H and O–H groups in total. The number of carbonyl (C=O) groups excluding carboxylic acids is 2. The predicted octanol–water partition coefficient (Wildman–Crippen LogP) is 11.1. The van der Waals surface area contributed by atoms with Crippen LogP contribution in [-0.4, -0.2) is 58.6 Å². The van der Waals surface area contributed by atoms with Gasteiger partial charge in [-0.05, 0) is 81.3 Å². The highest BCUT2D eigenvalue weighted by atomic mass is 28.4. The second kappa shape index (κ2) is 23.4. The second-order valence-corrected chi connectivity index (χ2v) is 20.9. The van der Waals surface area contributed by atoms with Crippen LogP contribution >= 0.6 is 0 Å². The number of hydrogen-bond donors (Lipinski definition) is 0. The lowest BCUT2D eigenvalue weighted by molar-refractivity contribution is -0.177. The van der Waals surface area contributed by atoms with Gasteiger partial charge in [0.15, 0.2) is 14.6 Å². The molecule has 1 fully saturated rings. The van der Waals surface area contributed by atoms with Crippen molar-refractivity contribution >= 4 is 20.3 Å². The van der Waals surface area contributed by atoms with Crippen LogP contribution in [0.25, 0.3) is 0 Å². The van der Waals surface area contributed by atoms with Crippen molar-refractivity contribution in [1.29, 1.82) is 0 Å². The Balaban J connectivity index is 3.12. The van der Waals surface area contributed by atoms with Gasteiger partial charge in [-0.3, -0.25) is 4.79 Å². The number of allylic oxidation sites excluding steroid dienone is 6. The van der Waals surface area contributed by atoms with Crippen LogP contribution in [-0.2, 0) is 33.0 Å². The molecular weight excluding hydrogens is 657 g/mol. The predicted molar refractivity (Wildman–Crippen MR) is 214 cm³/mol. The molecule has 1 unspecified atom stereocenters. The number of methoxy groups -OCH3 is 1. The standard InChI is InChI=1S/C43H74O7Si/c1-15-33(5)41(48-36(8)44)35(7)42(50-51(13,14)43(9,10)11)34(6)29-31(3)21-19-22-32(4)30-37(16-2)26-27-38(23-20-24-39(45)46-12)49-40-25-17-18-28-47-40/h19-21,24,26-27,29-30,32-35,38,40-42H,15-18,22-23,25,28H2,1-14H3/b21-19+,24-20+,27-26+,31-29+,37-30+/t32-,33+,34-,35+,38-,40?,41-,42-/m1/s1. The molecule has 8 heteroatoms. The molecule has 0 aromatic heterocycles. The molecule has 1 rings (SSSR count). The van der Waals surface area contributed by atoms with E-state index in [-0.39, 0.29) is 59.3 Å². The summed E-state index contributed by atoms with van der Waals surface area (Å²) < 4.78 is 29.9. The molecule has 0 radical (unpaired) electrons. The third kappa shape index (κ3) is 17.9. The lowest BCUT2D eigenvalue weighted by atomic mass is 9.82. The molecule has 1 aliphatic rings. The van der Waals surface area contributed by atoms with Gasteiger partial charge in [-0.15, -0.1) is 0 Å². The first-order valence-electron chi connectivity index (χ1n) is 19.4.